The lowest BCUT2D eigenvalue weighted by atomic mass is 9.95. The van der Waals surface area contributed by atoms with Crippen LogP contribution in [0.3, 0.4) is 0 Å². The predicted octanol–water partition coefficient (Wildman–Crippen LogP) is 5.32. The number of hydrogen-bond donors (Lipinski definition) is 1. The molecular formula is C29H32N4O2S. The number of Topliss-reactive ketones (excluding diaryl/α,β-unsaturated/α-hetero) is 1. The van der Waals surface area contributed by atoms with Crippen molar-refractivity contribution in [2.24, 2.45) is 0 Å². The molecule has 2 aliphatic heterocycles. The van der Waals surface area contributed by atoms with Crippen molar-refractivity contribution in [2.45, 2.75) is 37.8 Å². The molecule has 2 saturated heterocycles. The summed E-state index contributed by atoms with van der Waals surface area (Å²) in [7, 11) is 2.16. The summed E-state index contributed by atoms with van der Waals surface area (Å²) in [6, 6.07) is 16.4. The standard InChI is InChI=1S/C29H32N4O2S/c1-32-14-9-24(10-15-32)35-23-6-4-21(5-7-23)28-25-17-20(3-8-26(25)30-31-28)18-27(34)29(33-12-2-13-33)22-11-16-36-19-22/h3-8,11,16-17,19,24,29H,2,9-10,12-15,18H2,1H3,(H,30,31). The average Bonchev–Trinajstić information content (AvgIpc) is 3.53. The van der Waals surface area contributed by atoms with E-state index in [0.29, 0.717) is 6.42 Å². The number of aromatic nitrogens is 2. The SMILES string of the molecule is CN1CCC(Oc2ccc(-c3n[nH]c4ccc(CC(=O)C(c5ccsc5)N5CCC5)cc34)cc2)CC1. The van der Waals surface area contributed by atoms with Gasteiger partial charge in [0.2, 0.25) is 0 Å². The van der Waals surface area contributed by atoms with Crippen LogP contribution >= 0.6 is 11.3 Å². The number of carbonyl (C=O) groups excluding carboxylic acids is 1. The third-order valence-corrected chi connectivity index (χ3v) is 8.22. The molecule has 0 spiro atoms. The van der Waals surface area contributed by atoms with Crippen molar-refractivity contribution in [3.63, 3.8) is 0 Å². The van der Waals surface area contributed by atoms with Crippen LogP contribution in [0.4, 0.5) is 0 Å². The monoisotopic (exact) mass is 500 g/mol. The number of thiophene rings is 1. The first kappa shape index (κ1) is 23.4. The van der Waals surface area contributed by atoms with Gasteiger partial charge in [-0.3, -0.25) is 14.8 Å². The van der Waals surface area contributed by atoms with Gasteiger partial charge in [-0.2, -0.15) is 16.4 Å². The zero-order valence-electron chi connectivity index (χ0n) is 20.7. The maximum Gasteiger partial charge on any atom is 0.158 e. The lowest BCUT2D eigenvalue weighted by Gasteiger charge is -2.37. The molecule has 2 aromatic heterocycles. The van der Waals surface area contributed by atoms with Crippen LogP contribution in [0.25, 0.3) is 22.2 Å². The molecule has 6 rings (SSSR count). The quantitative estimate of drug-likeness (QED) is 0.355. The fourth-order valence-electron chi connectivity index (χ4n) is 5.31. The number of ether oxygens (including phenoxy) is 1. The van der Waals surface area contributed by atoms with Gasteiger partial charge < -0.3 is 9.64 Å². The van der Waals surface area contributed by atoms with E-state index in [-0.39, 0.29) is 17.9 Å². The number of rotatable bonds is 8. The first-order chi connectivity index (χ1) is 17.6. The first-order valence-corrected chi connectivity index (χ1v) is 13.8. The van der Waals surface area contributed by atoms with Crippen LogP contribution in [0.5, 0.6) is 5.75 Å². The Morgan fingerprint density at radius 3 is 2.61 bits per heavy atom. The average molecular weight is 501 g/mol. The van der Waals surface area contributed by atoms with Crippen LogP contribution in [0.2, 0.25) is 0 Å². The van der Waals surface area contributed by atoms with Gasteiger partial charge >= 0.3 is 0 Å². The van der Waals surface area contributed by atoms with E-state index in [1.807, 2.05) is 24.3 Å². The number of fused-ring (bicyclic) bond motifs is 1. The lowest BCUT2D eigenvalue weighted by molar-refractivity contribution is -0.125. The smallest absolute Gasteiger partial charge is 0.158 e. The van der Waals surface area contributed by atoms with Gasteiger partial charge in [0.15, 0.2) is 5.78 Å². The fraction of sp³-hybridized carbons (Fsp3) is 0.379. The number of nitrogens with one attached hydrogen (secondary N) is 1. The van der Waals surface area contributed by atoms with Crippen LogP contribution in [0.15, 0.2) is 59.3 Å². The molecule has 4 heterocycles. The van der Waals surface area contributed by atoms with E-state index < -0.39 is 0 Å². The van der Waals surface area contributed by atoms with Crippen molar-refractivity contribution in [3.8, 4) is 17.0 Å². The summed E-state index contributed by atoms with van der Waals surface area (Å²) >= 11 is 1.65. The molecule has 0 bridgehead atoms. The highest BCUT2D eigenvalue weighted by Crippen LogP contribution is 2.32. The largest absolute Gasteiger partial charge is 0.490 e. The Hall–Kier alpha value is -3.00. The molecule has 0 saturated carbocycles. The molecule has 6 nitrogen and oxygen atoms in total. The minimum Gasteiger partial charge on any atom is -0.490 e. The zero-order valence-corrected chi connectivity index (χ0v) is 21.5. The summed E-state index contributed by atoms with van der Waals surface area (Å²) in [6.07, 6.45) is 4.00. The van der Waals surface area contributed by atoms with Crippen LogP contribution in [-0.2, 0) is 11.2 Å². The Morgan fingerprint density at radius 1 is 1.11 bits per heavy atom. The summed E-state index contributed by atoms with van der Waals surface area (Å²) in [5.41, 5.74) is 5.07. The maximum absolute atomic E-state index is 13.4. The van der Waals surface area contributed by atoms with Crippen molar-refractivity contribution in [1.29, 1.82) is 0 Å². The second kappa shape index (κ2) is 10.2. The zero-order chi connectivity index (χ0) is 24.5. The molecule has 2 fully saturated rings. The molecule has 1 N–H and O–H groups in total. The summed E-state index contributed by atoms with van der Waals surface area (Å²) in [6.45, 7) is 4.15. The Labute approximate surface area is 215 Å². The Bertz CT molecular complexity index is 1320. The fourth-order valence-corrected chi connectivity index (χ4v) is 5.98. The van der Waals surface area contributed by atoms with E-state index in [1.165, 1.54) is 6.42 Å². The minimum atomic E-state index is -0.137. The molecule has 0 aliphatic carbocycles. The molecule has 2 aromatic carbocycles. The van der Waals surface area contributed by atoms with Gasteiger partial charge in [-0.15, -0.1) is 0 Å². The minimum absolute atomic E-state index is 0.137. The van der Waals surface area contributed by atoms with Crippen LogP contribution in [-0.4, -0.2) is 65.1 Å². The van der Waals surface area contributed by atoms with Gasteiger partial charge in [0.1, 0.15) is 11.9 Å². The Kier molecular flexibility index (Phi) is 6.61. The topological polar surface area (TPSA) is 61.5 Å². The van der Waals surface area contributed by atoms with E-state index in [9.17, 15) is 4.79 Å². The summed E-state index contributed by atoms with van der Waals surface area (Å²) in [5, 5.41) is 13.0. The third kappa shape index (κ3) is 4.83. The number of nitrogens with zero attached hydrogens (tertiary/aromatic N) is 3. The first-order valence-electron chi connectivity index (χ1n) is 12.9. The molecule has 1 atom stereocenters. The van der Waals surface area contributed by atoms with E-state index >= 15 is 0 Å². The number of H-pyrrole nitrogens is 1. The summed E-state index contributed by atoms with van der Waals surface area (Å²) < 4.78 is 6.22. The molecule has 36 heavy (non-hydrogen) atoms. The molecule has 4 aromatic rings. The third-order valence-electron chi connectivity index (χ3n) is 7.52. The van der Waals surface area contributed by atoms with Gasteiger partial charge in [-0.25, -0.2) is 0 Å². The highest BCUT2D eigenvalue weighted by atomic mass is 32.1. The number of ketones is 1. The van der Waals surface area contributed by atoms with E-state index in [0.717, 1.165) is 78.1 Å². The predicted molar refractivity (Wildman–Crippen MR) is 145 cm³/mol. The Balaban J connectivity index is 1.19. The lowest BCUT2D eigenvalue weighted by Crippen LogP contribution is -2.43. The van der Waals surface area contributed by atoms with Gasteiger partial charge in [-0.1, -0.05) is 6.07 Å². The molecular weight excluding hydrogens is 468 g/mol. The van der Waals surface area contributed by atoms with Gasteiger partial charge in [-0.05, 0) is 90.7 Å². The van der Waals surface area contributed by atoms with Gasteiger partial charge in [0, 0.05) is 43.5 Å². The molecule has 0 radical (unpaired) electrons. The van der Waals surface area contributed by atoms with Crippen molar-refractivity contribution >= 4 is 28.0 Å². The van der Waals surface area contributed by atoms with E-state index in [2.05, 4.69) is 62.1 Å². The Morgan fingerprint density at radius 2 is 1.92 bits per heavy atom. The van der Waals surface area contributed by atoms with Crippen molar-refractivity contribution < 1.29 is 9.53 Å². The second-order valence-corrected chi connectivity index (χ2v) is 10.9. The number of piperidine rings is 1. The van der Waals surface area contributed by atoms with Crippen molar-refractivity contribution in [1.82, 2.24) is 20.0 Å². The van der Waals surface area contributed by atoms with Crippen LogP contribution < -0.4 is 4.74 Å². The highest BCUT2D eigenvalue weighted by molar-refractivity contribution is 7.08. The summed E-state index contributed by atoms with van der Waals surface area (Å²) in [5.74, 6) is 1.16. The van der Waals surface area contributed by atoms with Crippen molar-refractivity contribution in [3.05, 3.63) is 70.4 Å². The molecule has 7 heteroatoms. The van der Waals surface area contributed by atoms with Crippen molar-refractivity contribution in [2.75, 3.05) is 33.2 Å². The molecule has 186 valence electrons. The van der Waals surface area contributed by atoms with Crippen LogP contribution in [0.1, 0.15) is 36.4 Å². The van der Waals surface area contributed by atoms with Gasteiger partial charge in [0.25, 0.3) is 0 Å². The number of likely N-dealkylation sites (tertiary alicyclic amines) is 2. The molecule has 1 unspecified atom stereocenters. The highest BCUT2D eigenvalue weighted by Gasteiger charge is 2.31. The van der Waals surface area contributed by atoms with E-state index in [1.54, 1.807) is 11.3 Å². The second-order valence-electron chi connectivity index (χ2n) is 10.1. The normalized spacial score (nSPS) is 18.2. The van der Waals surface area contributed by atoms with Crippen LogP contribution in [0, 0.1) is 0 Å². The number of aromatic amines is 1. The maximum atomic E-state index is 13.4. The molecule has 0 amide bonds. The molecule has 2 aliphatic rings. The summed E-state index contributed by atoms with van der Waals surface area (Å²) in [4.78, 5) is 18.1. The van der Waals surface area contributed by atoms with Gasteiger partial charge in [0.05, 0.1) is 17.3 Å². The van der Waals surface area contributed by atoms with E-state index in [4.69, 9.17) is 4.74 Å². The number of benzene rings is 2. The number of hydrogen-bond acceptors (Lipinski definition) is 6. The number of carbonyl (C=O) groups is 1.